The first kappa shape index (κ1) is 18.8. The smallest absolute Gasteiger partial charge is 0.286 e. The molecule has 0 aliphatic rings. The van der Waals surface area contributed by atoms with E-state index in [4.69, 9.17) is 27.5 Å². The number of halogens is 2. The zero-order chi connectivity index (χ0) is 9.00. The van der Waals surface area contributed by atoms with E-state index in [1.165, 1.54) is 0 Å². The van der Waals surface area contributed by atoms with Gasteiger partial charge >= 0.3 is 27.3 Å². The Labute approximate surface area is 93.7 Å². The Bertz CT molecular complexity index is 55.1. The van der Waals surface area contributed by atoms with Crippen molar-refractivity contribution in [2.24, 2.45) is 0 Å². The van der Waals surface area contributed by atoms with E-state index in [2.05, 4.69) is 0 Å². The first-order valence-electron chi connectivity index (χ1n) is 1.23. The minimum Gasteiger partial charge on any atom is -0.286 e. The second kappa shape index (κ2) is 7.46. The summed E-state index contributed by atoms with van der Waals surface area (Å²) >= 11 is -11.9. The van der Waals surface area contributed by atoms with Crippen molar-refractivity contribution in [3.8, 4) is 0 Å². The van der Waals surface area contributed by atoms with Gasteiger partial charge in [0, 0.05) is 0 Å². The molecule has 0 fully saturated rings. The van der Waals surface area contributed by atoms with E-state index in [-0.39, 0.29) is 27.3 Å². The van der Waals surface area contributed by atoms with E-state index in [9.17, 15) is 0 Å². The van der Waals surface area contributed by atoms with E-state index in [0.29, 0.717) is 0 Å². The van der Waals surface area contributed by atoms with Crippen molar-refractivity contribution < 1.29 is 95.0 Å². The third-order valence-corrected chi connectivity index (χ3v) is 0. The molecule has 64 valence electrons. The fraction of sp³-hybridized carbons (Fsp3) is 0. The number of hydrogen-bond donors (Lipinski definition) is 0. The van der Waals surface area contributed by atoms with Gasteiger partial charge in [0.15, 0.2) is 0 Å². The van der Waals surface area contributed by atoms with Crippen LogP contribution < -0.4 is 67.7 Å². The van der Waals surface area contributed by atoms with Crippen LogP contribution in [0, 0.1) is 0 Å². The Kier molecular flexibility index (Phi) is 12.7. The molecule has 0 unspecified atom stereocenters. The normalized spacial score (nSPS) is 10.9. The Morgan fingerprint density at radius 2 is 0.455 bits per heavy atom. The molecule has 0 aromatic carbocycles. The van der Waals surface area contributed by atoms with Crippen molar-refractivity contribution in [2.75, 3.05) is 0 Å². The molecule has 11 heavy (non-hydrogen) atoms. The van der Waals surface area contributed by atoms with Crippen molar-refractivity contribution in [3.63, 3.8) is 0 Å². The van der Waals surface area contributed by atoms with Crippen LogP contribution in [-0.2, 0) is 27.3 Å². The molecular formula is CdI2O8. The number of rotatable bonds is 0. The molecule has 11 heteroatoms. The van der Waals surface area contributed by atoms with Gasteiger partial charge in [0.05, 0.1) is 0 Å². The van der Waals surface area contributed by atoms with Crippen LogP contribution in [0.3, 0.4) is 0 Å². The molecule has 0 aliphatic heterocycles. The van der Waals surface area contributed by atoms with Crippen LogP contribution in [0.25, 0.3) is 0 Å². The Morgan fingerprint density at radius 3 is 0.455 bits per heavy atom. The van der Waals surface area contributed by atoms with Crippen molar-refractivity contribution in [1.82, 2.24) is 0 Å². The summed E-state index contributed by atoms with van der Waals surface area (Å²) in [5.41, 5.74) is 0. The molecule has 0 N–H and O–H groups in total. The quantitative estimate of drug-likeness (QED) is 0.235. The van der Waals surface area contributed by atoms with E-state index < -0.39 is 40.2 Å². The van der Waals surface area contributed by atoms with Gasteiger partial charge in [0.1, 0.15) is 40.2 Å². The minimum atomic E-state index is -5.94. The van der Waals surface area contributed by atoms with Gasteiger partial charge in [-0.2, -0.15) is 0 Å². The molecule has 0 spiro atoms. The molecule has 0 saturated heterocycles. The summed E-state index contributed by atoms with van der Waals surface area (Å²) in [4.78, 5) is 0. The molecule has 0 saturated carbocycles. The van der Waals surface area contributed by atoms with Gasteiger partial charge in [-0.15, -0.1) is 0 Å². The van der Waals surface area contributed by atoms with Crippen molar-refractivity contribution in [1.29, 1.82) is 0 Å². The third kappa shape index (κ3) is 287. The van der Waals surface area contributed by atoms with Crippen molar-refractivity contribution >= 4 is 0 Å². The fourth-order valence-corrected chi connectivity index (χ4v) is 0. The minimum absolute atomic E-state index is 0. The van der Waals surface area contributed by atoms with E-state index >= 15 is 0 Å². The van der Waals surface area contributed by atoms with Crippen molar-refractivity contribution in [2.45, 2.75) is 0 Å². The predicted octanol–water partition coefficient (Wildman–Crippen LogP) is -15.5. The van der Waals surface area contributed by atoms with Crippen LogP contribution in [0.4, 0.5) is 0 Å². The molecular weight excluding hydrogens is 494 g/mol. The monoisotopic (exact) mass is 496 g/mol. The Hall–Kier alpha value is 2.06. The van der Waals surface area contributed by atoms with Gasteiger partial charge in [-0.3, -0.25) is 27.5 Å². The van der Waals surface area contributed by atoms with Gasteiger partial charge in [-0.1, -0.05) is 0 Å². The molecule has 0 heterocycles. The summed E-state index contributed by atoms with van der Waals surface area (Å²) in [5.74, 6) is 0. The van der Waals surface area contributed by atoms with Gasteiger partial charge < -0.3 is 0 Å². The molecule has 0 rings (SSSR count). The molecule has 0 atom stereocenters. The van der Waals surface area contributed by atoms with Crippen molar-refractivity contribution in [3.05, 3.63) is 0 Å². The average molecular weight is 494 g/mol. The van der Waals surface area contributed by atoms with E-state index in [1.807, 2.05) is 0 Å². The maximum atomic E-state index is 8.62. The average Bonchev–Trinajstić information content (AvgIpc) is 1.12. The van der Waals surface area contributed by atoms with Crippen LogP contribution in [0.15, 0.2) is 0 Å². The van der Waals surface area contributed by atoms with E-state index in [0.717, 1.165) is 0 Å². The summed E-state index contributed by atoms with van der Waals surface area (Å²) in [6.45, 7) is 0. The predicted molar refractivity (Wildman–Crippen MR) is 0 cm³/mol. The zero-order valence-electron chi connectivity index (χ0n) is 4.73. The summed E-state index contributed by atoms with van der Waals surface area (Å²) in [6, 6.07) is 0. The van der Waals surface area contributed by atoms with Crippen LogP contribution in [0.1, 0.15) is 0 Å². The molecule has 0 aromatic rings. The third-order valence-electron chi connectivity index (χ3n) is 0. The largest absolute Gasteiger partial charge is 2.00 e. The van der Waals surface area contributed by atoms with Crippen LogP contribution in [-0.4, -0.2) is 0 Å². The summed E-state index contributed by atoms with van der Waals surface area (Å²) in [5, 5.41) is 0. The topological polar surface area (TPSA) is 184 Å². The second-order valence-corrected chi connectivity index (χ2v) is 5.07. The zero-order valence-corrected chi connectivity index (χ0v) is 13.1. The fourth-order valence-electron chi connectivity index (χ4n) is 0. The summed E-state index contributed by atoms with van der Waals surface area (Å²) < 4.78 is 68.9. The molecule has 0 radical (unpaired) electrons. The molecule has 8 nitrogen and oxygen atoms in total. The molecule has 0 amide bonds. The summed E-state index contributed by atoms with van der Waals surface area (Å²) in [7, 11) is 0. The first-order chi connectivity index (χ1) is 4.00. The molecule has 0 aliphatic carbocycles. The SMILES string of the molecule is [Cd+2].[O-][I+3]([O-])([O-])[O-].[O-][I+3]([O-])([O-])[O-]. The maximum Gasteiger partial charge on any atom is 2.00 e. The van der Waals surface area contributed by atoms with Crippen LogP contribution in [0.2, 0.25) is 0 Å². The molecule has 0 aromatic heterocycles. The Morgan fingerprint density at radius 1 is 0.455 bits per heavy atom. The standard InChI is InChI=1S/Cd.2IO4/c;2*2-1(3,4)5/q+2;2*-1. The van der Waals surface area contributed by atoms with Gasteiger partial charge in [0.2, 0.25) is 0 Å². The molecule has 0 bridgehead atoms. The van der Waals surface area contributed by atoms with Gasteiger partial charge in [0.25, 0.3) is 0 Å². The van der Waals surface area contributed by atoms with Crippen LogP contribution >= 0.6 is 0 Å². The maximum absolute atomic E-state index is 8.62. The van der Waals surface area contributed by atoms with Crippen LogP contribution in [0.5, 0.6) is 0 Å². The van der Waals surface area contributed by atoms with E-state index in [1.54, 1.807) is 0 Å². The second-order valence-electron chi connectivity index (χ2n) is 0.756. The summed E-state index contributed by atoms with van der Waals surface area (Å²) in [6.07, 6.45) is 0. The number of hydrogen-bond acceptors (Lipinski definition) is 8. The van der Waals surface area contributed by atoms with Gasteiger partial charge in [-0.25, -0.2) is 0 Å². The van der Waals surface area contributed by atoms with Gasteiger partial charge in [-0.05, 0) is 0 Å². The Balaban J connectivity index is -0.000000107. The first-order valence-corrected chi connectivity index (χ1v) is 8.28.